The maximum atomic E-state index is 12.2. The van der Waals surface area contributed by atoms with Crippen LogP contribution < -0.4 is 15.1 Å². The molecule has 4 fully saturated rings. The van der Waals surface area contributed by atoms with Gasteiger partial charge in [0.2, 0.25) is 17.8 Å². The van der Waals surface area contributed by atoms with Crippen LogP contribution in [0.5, 0.6) is 0 Å². The summed E-state index contributed by atoms with van der Waals surface area (Å²) in [5, 5.41) is 18.2. The molecular weight excluding hydrogens is 788 g/mol. The number of carbonyl (C=O) groups is 1. The van der Waals surface area contributed by atoms with Crippen LogP contribution in [0, 0.1) is 0 Å². The fourth-order valence-corrected chi connectivity index (χ4v) is 11.4. The molecular formula is C48H79ClN8O4. The lowest BCUT2D eigenvalue weighted by atomic mass is 9.78. The Morgan fingerprint density at radius 2 is 1.11 bits per heavy atom. The van der Waals surface area contributed by atoms with Gasteiger partial charge in [-0.2, -0.15) is 25.1 Å². The fraction of sp³-hybridized carbons (Fsp3) is 0.792. The standard InChI is InChI=1S/C48H79ClN8O4/c1-11-13-27-54(35-30-45(3,4)56(46(5,6)31-35)60-37-21-17-15-18-22-37)43-51-42(50-34-25-26-40(49)39(29-34)41(58)59)52-44(53-43)55(28-14-12-2)36-32-47(7,8)57(48(9,10)33-36)61-38-23-19-16-20-24-38/h25-26,29,35-38H,11-24,27-28,30-33H2,1-10H3,(H,58,59)(H,50,51,52,53). The van der Waals surface area contributed by atoms with Gasteiger partial charge in [-0.05, 0) is 138 Å². The van der Waals surface area contributed by atoms with Gasteiger partial charge in [0.25, 0.3) is 0 Å². The minimum Gasteiger partial charge on any atom is -0.478 e. The summed E-state index contributed by atoms with van der Waals surface area (Å²) >= 11 is 6.33. The topological polar surface area (TPSA) is 119 Å². The molecule has 61 heavy (non-hydrogen) atoms. The largest absolute Gasteiger partial charge is 0.478 e. The molecule has 0 radical (unpaired) electrons. The summed E-state index contributed by atoms with van der Waals surface area (Å²) in [6.45, 7) is 24.7. The highest BCUT2D eigenvalue weighted by Gasteiger charge is 2.51. The van der Waals surface area contributed by atoms with E-state index in [9.17, 15) is 9.90 Å². The number of piperidine rings is 2. The molecule has 3 heterocycles. The van der Waals surface area contributed by atoms with Crippen molar-refractivity contribution in [3.05, 3.63) is 28.8 Å². The van der Waals surface area contributed by atoms with Crippen LogP contribution in [0.15, 0.2) is 18.2 Å². The minimum absolute atomic E-state index is 0.0219. The summed E-state index contributed by atoms with van der Waals surface area (Å²) < 4.78 is 0. The van der Waals surface area contributed by atoms with Gasteiger partial charge in [-0.3, -0.25) is 9.68 Å². The molecule has 2 aliphatic heterocycles. The summed E-state index contributed by atoms with van der Waals surface area (Å²) in [4.78, 5) is 46.8. The van der Waals surface area contributed by atoms with Crippen molar-refractivity contribution < 1.29 is 19.6 Å². The number of rotatable bonds is 17. The van der Waals surface area contributed by atoms with E-state index in [4.69, 9.17) is 36.2 Å². The quantitative estimate of drug-likeness (QED) is 0.157. The maximum absolute atomic E-state index is 12.2. The first-order valence-corrected chi connectivity index (χ1v) is 24.2. The predicted molar refractivity (Wildman–Crippen MR) is 248 cm³/mol. The highest BCUT2D eigenvalue weighted by atomic mass is 35.5. The Hall–Kier alpha value is -2.77. The number of anilines is 4. The summed E-state index contributed by atoms with van der Waals surface area (Å²) in [6.07, 6.45) is 20.1. The second-order valence-corrected chi connectivity index (χ2v) is 21.6. The number of carboxylic acid groups (broad SMARTS) is 1. The number of nitrogens with zero attached hydrogens (tertiary/aromatic N) is 7. The molecule has 1 aromatic heterocycles. The van der Waals surface area contributed by atoms with Crippen LogP contribution in [0.25, 0.3) is 0 Å². The molecule has 2 saturated heterocycles. The molecule has 12 nitrogen and oxygen atoms in total. The molecule has 0 atom stereocenters. The van der Waals surface area contributed by atoms with Gasteiger partial charge in [0.1, 0.15) is 0 Å². The van der Waals surface area contributed by atoms with Crippen molar-refractivity contribution in [2.45, 2.75) is 231 Å². The third kappa shape index (κ3) is 11.7. The van der Waals surface area contributed by atoms with E-state index in [0.29, 0.717) is 23.5 Å². The van der Waals surface area contributed by atoms with Crippen molar-refractivity contribution in [2.24, 2.45) is 0 Å². The molecule has 13 heteroatoms. The van der Waals surface area contributed by atoms with Gasteiger partial charge < -0.3 is 20.2 Å². The molecule has 2 saturated carbocycles. The van der Waals surface area contributed by atoms with Crippen molar-refractivity contribution in [1.82, 2.24) is 25.1 Å². The number of unbranched alkanes of at least 4 members (excludes halogenated alkanes) is 2. The zero-order valence-electron chi connectivity index (χ0n) is 39.4. The molecule has 2 aliphatic carbocycles. The summed E-state index contributed by atoms with van der Waals surface area (Å²) in [5.74, 6) is 0.583. The van der Waals surface area contributed by atoms with E-state index < -0.39 is 5.97 Å². The van der Waals surface area contributed by atoms with Crippen molar-refractivity contribution in [3.8, 4) is 0 Å². The van der Waals surface area contributed by atoms with E-state index in [1.807, 2.05) is 0 Å². The molecule has 0 unspecified atom stereocenters. The van der Waals surface area contributed by atoms with Crippen LogP contribution in [-0.4, -0.2) is 95.7 Å². The molecule has 342 valence electrons. The summed E-state index contributed by atoms with van der Waals surface area (Å²) in [7, 11) is 0. The van der Waals surface area contributed by atoms with Crippen LogP contribution in [-0.2, 0) is 9.68 Å². The third-order valence-electron chi connectivity index (χ3n) is 13.7. The number of hydrogen-bond donors (Lipinski definition) is 2. The molecule has 1 aromatic carbocycles. The number of aromatic nitrogens is 3. The number of halogens is 1. The average molecular weight is 868 g/mol. The fourth-order valence-electron chi connectivity index (χ4n) is 11.2. The minimum atomic E-state index is -1.09. The molecule has 2 aromatic rings. The Bertz CT molecular complexity index is 1630. The van der Waals surface area contributed by atoms with E-state index in [1.54, 1.807) is 18.2 Å². The predicted octanol–water partition coefficient (Wildman–Crippen LogP) is 11.8. The monoisotopic (exact) mass is 867 g/mol. The Morgan fingerprint density at radius 1 is 0.705 bits per heavy atom. The molecule has 0 spiro atoms. The first-order valence-electron chi connectivity index (χ1n) is 23.9. The van der Waals surface area contributed by atoms with E-state index in [2.05, 4.69) is 94.5 Å². The second kappa shape index (κ2) is 20.0. The van der Waals surface area contributed by atoms with Gasteiger partial charge in [-0.1, -0.05) is 76.8 Å². The van der Waals surface area contributed by atoms with Gasteiger partial charge in [0.05, 0.1) is 22.8 Å². The van der Waals surface area contributed by atoms with Gasteiger partial charge >= 0.3 is 5.97 Å². The van der Waals surface area contributed by atoms with Crippen LogP contribution >= 0.6 is 11.6 Å². The Morgan fingerprint density at radius 3 is 1.49 bits per heavy atom. The van der Waals surface area contributed by atoms with E-state index in [-0.39, 0.29) is 57.0 Å². The lowest BCUT2D eigenvalue weighted by molar-refractivity contribution is -0.310. The van der Waals surface area contributed by atoms with Crippen LogP contribution in [0.1, 0.15) is 195 Å². The number of aromatic carboxylic acids is 1. The van der Waals surface area contributed by atoms with Gasteiger partial charge in [-0.15, -0.1) is 0 Å². The number of hydroxylamine groups is 4. The molecule has 4 aliphatic rings. The Labute approximate surface area is 372 Å². The van der Waals surface area contributed by atoms with Crippen LogP contribution in [0.4, 0.5) is 23.5 Å². The summed E-state index contributed by atoms with van der Waals surface area (Å²) in [6, 6.07) is 5.22. The smallest absolute Gasteiger partial charge is 0.337 e. The highest BCUT2D eigenvalue weighted by Crippen LogP contribution is 2.45. The van der Waals surface area contributed by atoms with Crippen molar-refractivity contribution in [3.63, 3.8) is 0 Å². The number of carboxylic acids is 1. The van der Waals surface area contributed by atoms with Gasteiger partial charge in [-0.25, -0.2) is 4.79 Å². The first-order chi connectivity index (χ1) is 28.8. The molecule has 0 bridgehead atoms. The Kier molecular flexibility index (Phi) is 15.6. The number of nitrogens with one attached hydrogen (secondary N) is 1. The average Bonchev–Trinajstić information content (AvgIpc) is 3.19. The van der Waals surface area contributed by atoms with Crippen LogP contribution in [0.2, 0.25) is 5.02 Å². The normalized spacial score (nSPS) is 22.9. The molecule has 0 amide bonds. The summed E-state index contributed by atoms with van der Waals surface area (Å²) in [5.41, 5.74) is -0.371. The van der Waals surface area contributed by atoms with E-state index in [0.717, 1.165) is 90.1 Å². The highest BCUT2D eigenvalue weighted by molar-refractivity contribution is 6.33. The Balaban J connectivity index is 1.40. The lowest BCUT2D eigenvalue weighted by Gasteiger charge is -2.57. The van der Waals surface area contributed by atoms with Gasteiger partial charge in [0.15, 0.2) is 0 Å². The lowest BCUT2D eigenvalue weighted by Crippen LogP contribution is -2.65. The van der Waals surface area contributed by atoms with Crippen molar-refractivity contribution >= 4 is 41.1 Å². The maximum Gasteiger partial charge on any atom is 0.337 e. The van der Waals surface area contributed by atoms with Crippen LogP contribution in [0.3, 0.4) is 0 Å². The second-order valence-electron chi connectivity index (χ2n) is 21.2. The van der Waals surface area contributed by atoms with Crippen molar-refractivity contribution in [2.75, 3.05) is 28.2 Å². The zero-order valence-corrected chi connectivity index (χ0v) is 40.1. The first kappa shape index (κ1) is 47.7. The SMILES string of the molecule is CCCCN(c1nc(Nc2ccc(Cl)c(C(=O)O)c2)nc(N(CCCC)C2CC(C)(C)N(OC3CCCCC3)C(C)(C)C2)n1)C1CC(C)(C)N(OC2CCCCC2)C(C)(C)C1. The van der Waals surface area contributed by atoms with E-state index >= 15 is 0 Å². The van der Waals surface area contributed by atoms with E-state index in [1.165, 1.54) is 38.5 Å². The molecule has 6 rings (SSSR count). The number of benzene rings is 1. The van der Waals surface area contributed by atoms with Crippen molar-refractivity contribution in [1.29, 1.82) is 0 Å². The van der Waals surface area contributed by atoms with Gasteiger partial charge in [0, 0.05) is 53.0 Å². The molecule has 2 N–H and O–H groups in total. The zero-order chi connectivity index (χ0) is 44.2. The third-order valence-corrected chi connectivity index (χ3v) is 14.0. The number of hydrogen-bond acceptors (Lipinski definition) is 11.